The molecule has 0 bridgehead atoms. The fourth-order valence-corrected chi connectivity index (χ4v) is 2.67. The lowest BCUT2D eigenvalue weighted by atomic mass is 10.0. The molecule has 1 fully saturated rings. The van der Waals surface area contributed by atoms with Crippen LogP contribution in [0.3, 0.4) is 0 Å². The van der Waals surface area contributed by atoms with Crippen molar-refractivity contribution in [1.82, 2.24) is 4.90 Å². The Morgan fingerprint density at radius 3 is 2.23 bits per heavy atom. The molecular formula is C10H17NO2. The Morgan fingerprint density at radius 2 is 1.92 bits per heavy atom. The van der Waals surface area contributed by atoms with E-state index in [4.69, 9.17) is 9.47 Å². The van der Waals surface area contributed by atoms with Gasteiger partial charge in [-0.3, -0.25) is 4.90 Å². The van der Waals surface area contributed by atoms with Gasteiger partial charge in [0, 0.05) is 14.2 Å². The van der Waals surface area contributed by atoms with Gasteiger partial charge in [-0.2, -0.15) is 0 Å². The Morgan fingerprint density at radius 1 is 1.31 bits per heavy atom. The second-order valence-electron chi connectivity index (χ2n) is 3.82. The molecule has 1 aliphatic heterocycles. The van der Waals surface area contributed by atoms with Crippen LogP contribution in [0, 0.1) is 0 Å². The molecule has 13 heavy (non-hydrogen) atoms. The summed E-state index contributed by atoms with van der Waals surface area (Å²) in [6, 6.07) is 0.361. The van der Waals surface area contributed by atoms with E-state index in [9.17, 15) is 0 Å². The van der Waals surface area contributed by atoms with Crippen molar-refractivity contribution in [3.63, 3.8) is 0 Å². The molecule has 0 spiro atoms. The number of rotatable bonds is 3. The predicted molar refractivity (Wildman–Crippen MR) is 50.5 cm³/mol. The van der Waals surface area contributed by atoms with Crippen LogP contribution >= 0.6 is 0 Å². The van der Waals surface area contributed by atoms with Gasteiger partial charge in [-0.15, -0.1) is 0 Å². The van der Waals surface area contributed by atoms with Gasteiger partial charge >= 0.3 is 0 Å². The normalized spacial score (nSPS) is 44.9. The Bertz CT molecular complexity index is 247. The molecular weight excluding hydrogens is 166 g/mol. The van der Waals surface area contributed by atoms with Crippen molar-refractivity contribution in [2.24, 2.45) is 0 Å². The van der Waals surface area contributed by atoms with E-state index < -0.39 is 5.79 Å². The van der Waals surface area contributed by atoms with E-state index in [0.29, 0.717) is 6.04 Å². The molecule has 0 aromatic heterocycles. The van der Waals surface area contributed by atoms with Crippen LogP contribution in [-0.4, -0.2) is 43.5 Å². The van der Waals surface area contributed by atoms with E-state index in [1.54, 1.807) is 14.2 Å². The van der Waals surface area contributed by atoms with E-state index in [0.717, 1.165) is 6.42 Å². The van der Waals surface area contributed by atoms with Gasteiger partial charge in [0.25, 0.3) is 0 Å². The van der Waals surface area contributed by atoms with Crippen molar-refractivity contribution in [3.05, 3.63) is 12.2 Å². The average molecular weight is 183 g/mol. The summed E-state index contributed by atoms with van der Waals surface area (Å²) in [5.41, 5.74) is 0.200. The van der Waals surface area contributed by atoms with Crippen molar-refractivity contribution in [3.8, 4) is 0 Å². The molecule has 1 saturated heterocycles. The molecule has 1 heterocycles. The molecule has 3 heteroatoms. The number of hydrogen-bond donors (Lipinski definition) is 0. The molecule has 3 unspecified atom stereocenters. The molecule has 3 atom stereocenters. The monoisotopic (exact) mass is 183 g/mol. The number of likely N-dealkylation sites (N-methyl/N-ethyl adjacent to an activating group) is 1. The van der Waals surface area contributed by atoms with Gasteiger partial charge in [0.15, 0.2) is 0 Å². The first-order valence-electron chi connectivity index (χ1n) is 4.70. The number of methoxy groups -OCH3 is 2. The van der Waals surface area contributed by atoms with Crippen molar-refractivity contribution in [1.29, 1.82) is 0 Å². The van der Waals surface area contributed by atoms with E-state index >= 15 is 0 Å². The van der Waals surface area contributed by atoms with E-state index in [1.165, 1.54) is 0 Å². The van der Waals surface area contributed by atoms with Gasteiger partial charge in [-0.25, -0.2) is 0 Å². The molecule has 0 radical (unpaired) electrons. The molecule has 3 nitrogen and oxygen atoms in total. The minimum atomic E-state index is -0.509. The summed E-state index contributed by atoms with van der Waals surface area (Å²) in [6.45, 7) is 2.20. The second-order valence-corrected chi connectivity index (χ2v) is 3.82. The average Bonchev–Trinajstić information content (AvgIpc) is 2.62. The SMILES string of the molecule is CCC12C=CC(OC)(OC)C1N2C. The maximum Gasteiger partial charge on any atom is 0.205 e. The minimum absolute atomic E-state index is 0.200. The van der Waals surface area contributed by atoms with Gasteiger partial charge in [0.05, 0.1) is 11.6 Å². The molecule has 2 rings (SSSR count). The summed E-state index contributed by atoms with van der Waals surface area (Å²) in [7, 11) is 5.52. The summed E-state index contributed by atoms with van der Waals surface area (Å²) in [4.78, 5) is 2.31. The fourth-order valence-electron chi connectivity index (χ4n) is 2.67. The van der Waals surface area contributed by atoms with Crippen LogP contribution in [0.1, 0.15) is 13.3 Å². The van der Waals surface area contributed by atoms with Crippen LogP contribution in [0.4, 0.5) is 0 Å². The summed E-state index contributed by atoms with van der Waals surface area (Å²) >= 11 is 0. The first-order valence-corrected chi connectivity index (χ1v) is 4.70. The number of fused-ring (bicyclic) bond motifs is 1. The zero-order valence-electron chi connectivity index (χ0n) is 8.70. The van der Waals surface area contributed by atoms with Crippen molar-refractivity contribution >= 4 is 0 Å². The van der Waals surface area contributed by atoms with Gasteiger partial charge < -0.3 is 9.47 Å². The molecule has 0 amide bonds. The zero-order chi connectivity index (χ0) is 9.69. The van der Waals surface area contributed by atoms with Gasteiger partial charge in [0.1, 0.15) is 0 Å². The van der Waals surface area contributed by atoms with Crippen molar-refractivity contribution < 1.29 is 9.47 Å². The Kier molecular flexibility index (Phi) is 1.81. The van der Waals surface area contributed by atoms with E-state index in [2.05, 4.69) is 24.9 Å². The highest BCUT2D eigenvalue weighted by atomic mass is 16.7. The third-order valence-electron chi connectivity index (χ3n) is 3.64. The number of nitrogens with zero attached hydrogens (tertiary/aromatic N) is 1. The van der Waals surface area contributed by atoms with Crippen LogP contribution in [-0.2, 0) is 9.47 Å². The van der Waals surface area contributed by atoms with Crippen LogP contribution in [0.15, 0.2) is 12.2 Å². The summed E-state index contributed by atoms with van der Waals surface area (Å²) in [6.07, 6.45) is 5.37. The molecule has 74 valence electrons. The molecule has 0 saturated carbocycles. The lowest BCUT2D eigenvalue weighted by molar-refractivity contribution is -0.173. The molecule has 1 aliphatic carbocycles. The van der Waals surface area contributed by atoms with Crippen LogP contribution < -0.4 is 0 Å². The Balaban J connectivity index is 2.27. The van der Waals surface area contributed by atoms with Gasteiger partial charge in [-0.1, -0.05) is 13.0 Å². The lowest BCUT2D eigenvalue weighted by Gasteiger charge is -2.25. The molecule has 2 aliphatic rings. The van der Waals surface area contributed by atoms with Gasteiger partial charge in [0.2, 0.25) is 5.79 Å². The molecule has 0 aromatic carbocycles. The predicted octanol–water partition coefficient (Wildman–Crippen LogP) is 1.01. The summed E-state index contributed by atoms with van der Waals surface area (Å²) in [5.74, 6) is -0.509. The largest absolute Gasteiger partial charge is 0.348 e. The second kappa shape index (κ2) is 2.56. The highest BCUT2D eigenvalue weighted by Crippen LogP contribution is 2.55. The molecule has 0 aromatic rings. The Labute approximate surface area is 79.3 Å². The highest BCUT2D eigenvalue weighted by Gasteiger charge is 2.70. The van der Waals surface area contributed by atoms with Crippen molar-refractivity contribution in [2.45, 2.75) is 30.7 Å². The standard InChI is InChI=1S/C10H17NO2/c1-5-9-6-7-10(12-3,13-4)8(9)11(9)2/h6-8H,5H2,1-4H3. The first-order chi connectivity index (χ1) is 6.17. The van der Waals surface area contributed by atoms with Gasteiger partial charge in [-0.05, 0) is 19.5 Å². The minimum Gasteiger partial charge on any atom is -0.348 e. The van der Waals surface area contributed by atoms with E-state index in [-0.39, 0.29) is 5.54 Å². The third kappa shape index (κ3) is 0.848. The maximum atomic E-state index is 5.45. The summed E-state index contributed by atoms with van der Waals surface area (Å²) < 4.78 is 10.9. The zero-order valence-corrected chi connectivity index (χ0v) is 8.70. The quantitative estimate of drug-likeness (QED) is 0.370. The number of ether oxygens (including phenoxy) is 2. The maximum absolute atomic E-state index is 5.45. The highest BCUT2D eigenvalue weighted by molar-refractivity contribution is 5.39. The molecule has 0 N–H and O–H groups in total. The lowest BCUT2D eigenvalue weighted by Crippen LogP contribution is -2.38. The third-order valence-corrected chi connectivity index (χ3v) is 3.64. The van der Waals surface area contributed by atoms with E-state index in [1.807, 2.05) is 6.08 Å². The van der Waals surface area contributed by atoms with Crippen molar-refractivity contribution in [2.75, 3.05) is 21.3 Å². The summed E-state index contributed by atoms with van der Waals surface area (Å²) in [5, 5.41) is 0. The van der Waals surface area contributed by atoms with Crippen LogP contribution in [0.25, 0.3) is 0 Å². The topological polar surface area (TPSA) is 21.5 Å². The fraction of sp³-hybridized carbons (Fsp3) is 0.800. The smallest absolute Gasteiger partial charge is 0.205 e. The van der Waals surface area contributed by atoms with Crippen LogP contribution in [0.5, 0.6) is 0 Å². The van der Waals surface area contributed by atoms with Crippen LogP contribution in [0.2, 0.25) is 0 Å². The first kappa shape index (κ1) is 9.19. The Hall–Kier alpha value is -0.380. The number of hydrogen-bond acceptors (Lipinski definition) is 3.